The molecule has 1 nitrogen and oxygen atoms in total. The standard InChI is InChI=1S/C14H24O/c1-10(2)12-8-9-14(4,5)13(12)7-6-11(3)15/h6-7,10-11,15H,8-9H2,1-5H3/b7-6+. The number of allylic oxidation sites excluding steroid dienone is 3. The Morgan fingerprint density at radius 3 is 2.33 bits per heavy atom. The van der Waals surface area contributed by atoms with E-state index < -0.39 is 0 Å². The molecule has 1 aliphatic carbocycles. The first-order valence-electron chi connectivity index (χ1n) is 5.94. The van der Waals surface area contributed by atoms with Crippen molar-refractivity contribution in [3.63, 3.8) is 0 Å². The van der Waals surface area contributed by atoms with Gasteiger partial charge in [-0.3, -0.25) is 0 Å². The minimum atomic E-state index is -0.345. The quantitative estimate of drug-likeness (QED) is 0.750. The molecule has 0 amide bonds. The summed E-state index contributed by atoms with van der Waals surface area (Å²) in [5.74, 6) is 0.625. The second kappa shape index (κ2) is 4.52. The first-order chi connectivity index (χ1) is 6.84. The highest BCUT2D eigenvalue weighted by molar-refractivity contribution is 5.37. The van der Waals surface area contributed by atoms with E-state index in [1.807, 2.05) is 6.08 Å². The lowest BCUT2D eigenvalue weighted by Crippen LogP contribution is -2.09. The van der Waals surface area contributed by atoms with Gasteiger partial charge < -0.3 is 5.11 Å². The van der Waals surface area contributed by atoms with Gasteiger partial charge in [-0.1, -0.05) is 45.4 Å². The fraction of sp³-hybridized carbons (Fsp3) is 0.714. The van der Waals surface area contributed by atoms with E-state index in [1.54, 1.807) is 12.5 Å². The minimum absolute atomic E-state index is 0.283. The van der Waals surface area contributed by atoms with Gasteiger partial charge >= 0.3 is 0 Å². The summed E-state index contributed by atoms with van der Waals surface area (Å²) in [7, 11) is 0. The van der Waals surface area contributed by atoms with Gasteiger partial charge in [0.15, 0.2) is 0 Å². The van der Waals surface area contributed by atoms with Crippen LogP contribution in [0.1, 0.15) is 47.5 Å². The predicted molar refractivity (Wildman–Crippen MR) is 65.7 cm³/mol. The van der Waals surface area contributed by atoms with Crippen molar-refractivity contribution in [1.82, 2.24) is 0 Å². The molecule has 0 spiro atoms. The van der Waals surface area contributed by atoms with Crippen LogP contribution in [0.25, 0.3) is 0 Å². The SMILES string of the molecule is CC(O)/C=C/C1=C(C(C)C)CCC1(C)C. The molecule has 0 heterocycles. The molecule has 86 valence electrons. The number of aliphatic hydroxyl groups is 1. The molecule has 1 aliphatic rings. The van der Waals surface area contributed by atoms with E-state index in [9.17, 15) is 5.11 Å². The molecular formula is C14H24O. The molecule has 0 saturated heterocycles. The van der Waals surface area contributed by atoms with Gasteiger partial charge in [0.2, 0.25) is 0 Å². The van der Waals surface area contributed by atoms with Crippen LogP contribution in [0.2, 0.25) is 0 Å². The fourth-order valence-corrected chi connectivity index (χ4v) is 2.32. The van der Waals surface area contributed by atoms with Crippen molar-refractivity contribution in [2.45, 2.75) is 53.6 Å². The maximum atomic E-state index is 9.30. The van der Waals surface area contributed by atoms with E-state index in [0.29, 0.717) is 5.92 Å². The lowest BCUT2D eigenvalue weighted by molar-refractivity contribution is 0.244. The largest absolute Gasteiger partial charge is 0.389 e. The van der Waals surface area contributed by atoms with Gasteiger partial charge in [0.25, 0.3) is 0 Å². The second-order valence-electron chi connectivity index (χ2n) is 5.58. The van der Waals surface area contributed by atoms with Gasteiger partial charge in [-0.25, -0.2) is 0 Å². The summed E-state index contributed by atoms with van der Waals surface area (Å²) in [6, 6.07) is 0. The Balaban J connectivity index is 2.99. The summed E-state index contributed by atoms with van der Waals surface area (Å²) in [4.78, 5) is 0. The van der Waals surface area contributed by atoms with Crippen molar-refractivity contribution in [2.24, 2.45) is 11.3 Å². The third-order valence-corrected chi connectivity index (χ3v) is 3.33. The highest BCUT2D eigenvalue weighted by atomic mass is 16.3. The van der Waals surface area contributed by atoms with Crippen molar-refractivity contribution < 1.29 is 5.11 Å². The molecule has 1 atom stereocenters. The molecule has 0 bridgehead atoms. The molecule has 1 rings (SSSR count). The molecule has 0 aliphatic heterocycles. The van der Waals surface area contributed by atoms with Gasteiger partial charge in [0.1, 0.15) is 0 Å². The normalized spacial score (nSPS) is 23.1. The Kier molecular flexibility index (Phi) is 3.77. The smallest absolute Gasteiger partial charge is 0.0695 e. The molecule has 0 radical (unpaired) electrons. The molecule has 1 unspecified atom stereocenters. The zero-order valence-corrected chi connectivity index (χ0v) is 10.7. The number of hydrogen-bond donors (Lipinski definition) is 1. The zero-order valence-electron chi connectivity index (χ0n) is 10.7. The molecule has 0 fully saturated rings. The van der Waals surface area contributed by atoms with E-state index in [-0.39, 0.29) is 11.5 Å². The third-order valence-electron chi connectivity index (χ3n) is 3.33. The molecule has 15 heavy (non-hydrogen) atoms. The van der Waals surface area contributed by atoms with Gasteiger partial charge in [0, 0.05) is 0 Å². The lowest BCUT2D eigenvalue weighted by Gasteiger charge is -2.21. The van der Waals surface area contributed by atoms with Crippen molar-refractivity contribution in [3.8, 4) is 0 Å². The minimum Gasteiger partial charge on any atom is -0.389 e. The number of rotatable bonds is 3. The highest BCUT2D eigenvalue weighted by Gasteiger charge is 2.31. The van der Waals surface area contributed by atoms with Gasteiger partial charge in [0.05, 0.1) is 6.10 Å². The summed E-state index contributed by atoms with van der Waals surface area (Å²) in [6.45, 7) is 10.9. The summed E-state index contributed by atoms with van der Waals surface area (Å²) in [5.41, 5.74) is 3.29. The van der Waals surface area contributed by atoms with E-state index in [2.05, 4.69) is 33.8 Å². The van der Waals surface area contributed by atoms with Crippen LogP contribution in [0, 0.1) is 11.3 Å². The van der Waals surface area contributed by atoms with Crippen LogP contribution in [0.5, 0.6) is 0 Å². The molecule has 0 aromatic rings. The van der Waals surface area contributed by atoms with Crippen molar-refractivity contribution >= 4 is 0 Å². The molecule has 0 saturated carbocycles. The second-order valence-corrected chi connectivity index (χ2v) is 5.58. The molecular weight excluding hydrogens is 184 g/mol. The number of aliphatic hydroxyl groups excluding tert-OH is 1. The van der Waals surface area contributed by atoms with Crippen molar-refractivity contribution in [3.05, 3.63) is 23.3 Å². The highest BCUT2D eigenvalue weighted by Crippen LogP contribution is 2.45. The summed E-state index contributed by atoms with van der Waals surface area (Å²) in [6.07, 6.45) is 6.13. The van der Waals surface area contributed by atoms with Crippen LogP contribution in [-0.4, -0.2) is 11.2 Å². The predicted octanol–water partition coefficient (Wildman–Crippen LogP) is 3.70. The Labute approximate surface area is 93.9 Å². The third kappa shape index (κ3) is 2.94. The molecule has 1 N–H and O–H groups in total. The van der Waals surface area contributed by atoms with E-state index in [4.69, 9.17) is 0 Å². The maximum absolute atomic E-state index is 9.30. The van der Waals surface area contributed by atoms with E-state index in [0.717, 1.165) is 0 Å². The summed E-state index contributed by atoms with van der Waals surface area (Å²) >= 11 is 0. The monoisotopic (exact) mass is 208 g/mol. The average molecular weight is 208 g/mol. The van der Waals surface area contributed by atoms with Gasteiger partial charge in [-0.05, 0) is 36.7 Å². The molecule has 1 heteroatoms. The van der Waals surface area contributed by atoms with Crippen LogP contribution >= 0.6 is 0 Å². The average Bonchev–Trinajstić information content (AvgIpc) is 2.37. The van der Waals surface area contributed by atoms with E-state index >= 15 is 0 Å². The Morgan fingerprint density at radius 2 is 1.87 bits per heavy atom. The van der Waals surface area contributed by atoms with Crippen LogP contribution in [0.15, 0.2) is 23.3 Å². The molecule has 0 aromatic heterocycles. The van der Waals surface area contributed by atoms with Crippen LogP contribution in [0.4, 0.5) is 0 Å². The Bertz CT molecular complexity index is 280. The first-order valence-corrected chi connectivity index (χ1v) is 5.94. The molecule has 0 aromatic carbocycles. The summed E-state index contributed by atoms with van der Waals surface area (Å²) in [5, 5.41) is 9.30. The van der Waals surface area contributed by atoms with Gasteiger partial charge in [-0.15, -0.1) is 0 Å². The van der Waals surface area contributed by atoms with Crippen molar-refractivity contribution in [2.75, 3.05) is 0 Å². The van der Waals surface area contributed by atoms with Crippen LogP contribution < -0.4 is 0 Å². The zero-order chi connectivity index (χ0) is 11.6. The number of hydrogen-bond acceptors (Lipinski definition) is 1. The fourth-order valence-electron chi connectivity index (χ4n) is 2.32. The topological polar surface area (TPSA) is 20.2 Å². The van der Waals surface area contributed by atoms with E-state index in [1.165, 1.54) is 18.4 Å². The lowest BCUT2D eigenvalue weighted by atomic mass is 9.84. The maximum Gasteiger partial charge on any atom is 0.0695 e. The first kappa shape index (κ1) is 12.5. The Morgan fingerprint density at radius 1 is 1.27 bits per heavy atom. The van der Waals surface area contributed by atoms with Crippen LogP contribution in [-0.2, 0) is 0 Å². The Hall–Kier alpha value is -0.560. The van der Waals surface area contributed by atoms with Crippen molar-refractivity contribution in [1.29, 1.82) is 0 Å². The van der Waals surface area contributed by atoms with Gasteiger partial charge in [-0.2, -0.15) is 0 Å². The van der Waals surface area contributed by atoms with Crippen LogP contribution in [0.3, 0.4) is 0 Å². The summed E-state index contributed by atoms with van der Waals surface area (Å²) < 4.78 is 0.